The van der Waals surface area contributed by atoms with E-state index < -0.39 is 0 Å². The minimum Gasteiger partial charge on any atom is -0.377 e. The lowest BCUT2D eigenvalue weighted by Gasteiger charge is -2.35. The highest BCUT2D eigenvalue weighted by Gasteiger charge is 2.19. The van der Waals surface area contributed by atoms with E-state index >= 15 is 0 Å². The summed E-state index contributed by atoms with van der Waals surface area (Å²) in [4.78, 5) is 23.4. The third-order valence-corrected chi connectivity index (χ3v) is 4.48. The predicted molar refractivity (Wildman–Crippen MR) is 94.5 cm³/mol. The first-order valence-corrected chi connectivity index (χ1v) is 8.33. The Labute approximate surface area is 146 Å². The molecule has 2 heterocycles. The fraction of sp³-hybridized carbons (Fsp3) is 0.412. The number of methoxy groups -OCH3 is 1. The van der Waals surface area contributed by atoms with Crippen molar-refractivity contribution in [2.75, 3.05) is 38.2 Å². The Hall–Kier alpha value is -1.89. The molecule has 7 heteroatoms. The highest BCUT2D eigenvalue weighted by atomic mass is 35.5. The van der Waals surface area contributed by atoms with E-state index in [0.717, 1.165) is 43.3 Å². The zero-order chi connectivity index (χ0) is 16.9. The number of hydrogen-bond acceptors (Lipinski definition) is 5. The van der Waals surface area contributed by atoms with Crippen LogP contribution in [0.5, 0.6) is 0 Å². The topological polar surface area (TPSA) is 61.5 Å². The molecule has 0 spiro atoms. The summed E-state index contributed by atoms with van der Waals surface area (Å²) in [5, 5.41) is 0.806. The fourth-order valence-electron chi connectivity index (χ4n) is 2.86. The molecule has 0 saturated carbocycles. The molecule has 24 heavy (non-hydrogen) atoms. The fourth-order valence-corrected chi connectivity index (χ4v) is 3.06. The molecule has 1 fully saturated rings. The first kappa shape index (κ1) is 17.0. The molecular weight excluding hydrogens is 328 g/mol. The molecule has 0 aliphatic carbocycles. The van der Waals surface area contributed by atoms with E-state index in [0.29, 0.717) is 18.2 Å². The Kier molecular flexibility index (Phi) is 5.50. The van der Waals surface area contributed by atoms with Crippen molar-refractivity contribution in [3.8, 4) is 0 Å². The number of benzene rings is 1. The normalized spacial score (nSPS) is 15.7. The molecule has 0 bridgehead atoms. The van der Waals surface area contributed by atoms with Crippen LogP contribution in [0.3, 0.4) is 0 Å². The first-order valence-electron chi connectivity index (χ1n) is 7.95. The lowest BCUT2D eigenvalue weighted by atomic mass is 10.2. The lowest BCUT2D eigenvalue weighted by Crippen LogP contribution is -2.46. The van der Waals surface area contributed by atoms with E-state index in [1.807, 2.05) is 18.2 Å². The zero-order valence-corrected chi connectivity index (χ0v) is 14.4. The van der Waals surface area contributed by atoms with Crippen LogP contribution in [0.25, 0.3) is 0 Å². The molecule has 1 N–H and O–H groups in total. The highest BCUT2D eigenvalue weighted by Crippen LogP contribution is 2.19. The van der Waals surface area contributed by atoms with E-state index in [1.165, 1.54) is 0 Å². The van der Waals surface area contributed by atoms with E-state index in [9.17, 15) is 4.79 Å². The van der Waals surface area contributed by atoms with Crippen molar-refractivity contribution in [3.63, 3.8) is 0 Å². The molecule has 3 rings (SSSR count). The van der Waals surface area contributed by atoms with Gasteiger partial charge in [-0.3, -0.25) is 9.69 Å². The van der Waals surface area contributed by atoms with Gasteiger partial charge in [-0.1, -0.05) is 29.8 Å². The number of rotatable bonds is 5. The molecule has 1 saturated heterocycles. The number of aromatic nitrogens is 2. The molecule has 0 unspecified atom stereocenters. The van der Waals surface area contributed by atoms with E-state index in [1.54, 1.807) is 13.2 Å². The molecule has 1 aromatic carbocycles. The monoisotopic (exact) mass is 348 g/mol. The maximum absolute atomic E-state index is 11.8. The number of ether oxygens (including phenoxy) is 1. The van der Waals surface area contributed by atoms with Gasteiger partial charge in [0.05, 0.1) is 0 Å². The second-order valence-corrected chi connectivity index (χ2v) is 6.25. The molecule has 1 aliphatic heterocycles. The van der Waals surface area contributed by atoms with E-state index in [2.05, 4.69) is 25.8 Å². The van der Waals surface area contributed by atoms with Crippen LogP contribution < -0.4 is 10.5 Å². The minimum absolute atomic E-state index is 0.148. The molecule has 128 valence electrons. The van der Waals surface area contributed by atoms with Crippen LogP contribution in [0.1, 0.15) is 11.4 Å². The largest absolute Gasteiger partial charge is 0.377 e. The number of aromatic amines is 1. The van der Waals surface area contributed by atoms with Gasteiger partial charge in [0, 0.05) is 50.9 Å². The molecule has 6 nitrogen and oxygen atoms in total. The maximum Gasteiger partial charge on any atom is 0.253 e. The van der Waals surface area contributed by atoms with Gasteiger partial charge in [0.15, 0.2) is 0 Å². The Morgan fingerprint density at radius 1 is 1.25 bits per heavy atom. The van der Waals surface area contributed by atoms with Crippen molar-refractivity contribution in [2.24, 2.45) is 0 Å². The number of anilines is 1. The van der Waals surface area contributed by atoms with Gasteiger partial charge in [0.25, 0.3) is 5.56 Å². The molecule has 0 atom stereocenters. The molecule has 2 aromatic rings. The number of piperazine rings is 1. The van der Waals surface area contributed by atoms with Gasteiger partial charge in [0.1, 0.15) is 18.2 Å². The van der Waals surface area contributed by atoms with Gasteiger partial charge in [-0.25, -0.2) is 4.98 Å². The third kappa shape index (κ3) is 4.14. The predicted octanol–water partition coefficient (Wildman–Crippen LogP) is 1.89. The highest BCUT2D eigenvalue weighted by molar-refractivity contribution is 6.31. The number of nitrogens with one attached hydrogen (secondary N) is 1. The summed E-state index contributed by atoms with van der Waals surface area (Å²) in [5.41, 5.74) is 0.995. The number of nitrogens with zero attached hydrogens (tertiary/aromatic N) is 3. The molecular formula is C17H21ClN4O2. The Morgan fingerprint density at radius 3 is 2.71 bits per heavy atom. The van der Waals surface area contributed by atoms with Gasteiger partial charge in [-0.15, -0.1) is 0 Å². The molecule has 0 radical (unpaired) electrons. The van der Waals surface area contributed by atoms with Crippen molar-refractivity contribution >= 4 is 17.4 Å². The van der Waals surface area contributed by atoms with Crippen LogP contribution in [0, 0.1) is 0 Å². The van der Waals surface area contributed by atoms with Gasteiger partial charge in [-0.2, -0.15) is 0 Å². The molecule has 1 aromatic heterocycles. The van der Waals surface area contributed by atoms with Crippen LogP contribution >= 0.6 is 11.6 Å². The summed E-state index contributed by atoms with van der Waals surface area (Å²) in [6, 6.07) is 9.48. The minimum atomic E-state index is -0.148. The summed E-state index contributed by atoms with van der Waals surface area (Å²) >= 11 is 6.24. The van der Waals surface area contributed by atoms with Crippen LogP contribution in [0.4, 0.5) is 5.82 Å². The number of halogens is 1. The summed E-state index contributed by atoms with van der Waals surface area (Å²) in [7, 11) is 1.58. The lowest BCUT2D eigenvalue weighted by molar-refractivity contribution is 0.177. The van der Waals surface area contributed by atoms with Crippen molar-refractivity contribution in [2.45, 2.75) is 13.2 Å². The SMILES string of the molecule is COCc1nc(N2CCN(Cc3ccccc3Cl)CC2)cc(=O)[nH]1. The number of H-pyrrole nitrogens is 1. The van der Waals surface area contributed by atoms with E-state index in [-0.39, 0.29) is 5.56 Å². The Morgan fingerprint density at radius 2 is 2.00 bits per heavy atom. The van der Waals surface area contributed by atoms with Crippen molar-refractivity contribution in [1.82, 2.24) is 14.9 Å². The average Bonchev–Trinajstić information content (AvgIpc) is 2.57. The van der Waals surface area contributed by atoms with Crippen molar-refractivity contribution < 1.29 is 4.74 Å². The van der Waals surface area contributed by atoms with Crippen LogP contribution in [-0.2, 0) is 17.9 Å². The summed E-state index contributed by atoms with van der Waals surface area (Å²) in [6.45, 7) is 4.60. The van der Waals surface area contributed by atoms with Crippen LogP contribution in [0.15, 0.2) is 35.1 Å². The molecule has 0 amide bonds. The second kappa shape index (κ2) is 7.79. The average molecular weight is 349 g/mol. The summed E-state index contributed by atoms with van der Waals surface area (Å²) in [6.07, 6.45) is 0. The maximum atomic E-state index is 11.8. The Balaban J connectivity index is 1.63. The van der Waals surface area contributed by atoms with Gasteiger partial charge in [-0.05, 0) is 11.6 Å². The standard InChI is InChI=1S/C17H21ClN4O2/c1-24-12-15-19-16(10-17(23)20-15)22-8-6-21(7-9-22)11-13-4-2-3-5-14(13)18/h2-5,10H,6-9,11-12H2,1H3,(H,19,20,23). The zero-order valence-electron chi connectivity index (χ0n) is 13.7. The van der Waals surface area contributed by atoms with Gasteiger partial charge in [0.2, 0.25) is 0 Å². The quantitative estimate of drug-likeness (QED) is 0.894. The van der Waals surface area contributed by atoms with Crippen molar-refractivity contribution in [3.05, 3.63) is 57.1 Å². The Bertz CT molecular complexity index is 741. The van der Waals surface area contributed by atoms with E-state index in [4.69, 9.17) is 16.3 Å². The smallest absolute Gasteiger partial charge is 0.253 e. The summed E-state index contributed by atoms with van der Waals surface area (Å²) in [5.74, 6) is 1.27. The number of hydrogen-bond donors (Lipinski definition) is 1. The first-order chi connectivity index (χ1) is 11.7. The third-order valence-electron chi connectivity index (χ3n) is 4.11. The van der Waals surface area contributed by atoms with Crippen LogP contribution in [0.2, 0.25) is 5.02 Å². The van der Waals surface area contributed by atoms with Gasteiger partial charge >= 0.3 is 0 Å². The van der Waals surface area contributed by atoms with Crippen molar-refractivity contribution in [1.29, 1.82) is 0 Å². The molecule has 1 aliphatic rings. The summed E-state index contributed by atoms with van der Waals surface area (Å²) < 4.78 is 5.05. The van der Waals surface area contributed by atoms with Crippen LogP contribution in [-0.4, -0.2) is 48.2 Å². The van der Waals surface area contributed by atoms with Gasteiger partial charge < -0.3 is 14.6 Å². The second-order valence-electron chi connectivity index (χ2n) is 5.84.